The number of hydrogen-bond donors (Lipinski definition) is 2. The van der Waals surface area contributed by atoms with E-state index < -0.39 is 6.29 Å². The van der Waals surface area contributed by atoms with Gasteiger partial charge in [0.1, 0.15) is 0 Å². The summed E-state index contributed by atoms with van der Waals surface area (Å²) in [6.45, 7) is 7.86. The topological polar surface area (TPSA) is 40.5 Å². The summed E-state index contributed by atoms with van der Waals surface area (Å²) in [6, 6.07) is 0. The molecule has 0 spiro atoms. The van der Waals surface area contributed by atoms with Gasteiger partial charge in [0.05, 0.1) is 0 Å². The van der Waals surface area contributed by atoms with Gasteiger partial charge < -0.3 is 10.2 Å². The van der Waals surface area contributed by atoms with Crippen molar-refractivity contribution in [2.45, 2.75) is 40.4 Å². The average molecular weight is 146 g/mol. The Bertz CT molecular complexity index is 95.4. The third kappa shape index (κ3) is 3.18. The van der Waals surface area contributed by atoms with Crippen molar-refractivity contribution < 1.29 is 10.2 Å². The molecule has 0 aliphatic carbocycles. The Kier molecular flexibility index (Phi) is 3.33. The molecule has 0 saturated heterocycles. The lowest BCUT2D eigenvalue weighted by molar-refractivity contribution is -0.127. The number of rotatable bonds is 3. The molecule has 0 atom stereocenters. The Hall–Kier alpha value is -0.0800. The van der Waals surface area contributed by atoms with Crippen LogP contribution >= 0.6 is 0 Å². The number of aliphatic hydroxyl groups is 2. The minimum atomic E-state index is -1.20. The van der Waals surface area contributed by atoms with E-state index in [4.69, 9.17) is 10.2 Å². The number of aliphatic hydroxyl groups excluding tert-OH is 1. The van der Waals surface area contributed by atoms with Crippen LogP contribution < -0.4 is 0 Å². The molecule has 0 fully saturated rings. The molecule has 0 bridgehead atoms. The number of hydrogen-bond acceptors (Lipinski definition) is 2. The van der Waals surface area contributed by atoms with Gasteiger partial charge in [-0.15, -0.1) is 0 Å². The predicted octanol–water partition coefficient (Wildman–Crippen LogP) is 1.37. The molecule has 2 N–H and O–H groups in total. The highest BCUT2D eigenvalue weighted by atomic mass is 16.5. The summed E-state index contributed by atoms with van der Waals surface area (Å²) in [5.74, 6) is 0.511. The van der Waals surface area contributed by atoms with Crippen molar-refractivity contribution >= 4 is 0 Å². The molecule has 0 heterocycles. The summed E-state index contributed by atoms with van der Waals surface area (Å²) in [7, 11) is 0. The molecule has 0 aromatic heterocycles. The molecule has 0 aromatic carbocycles. The highest BCUT2D eigenvalue weighted by Gasteiger charge is 2.26. The Morgan fingerprint density at radius 3 is 1.70 bits per heavy atom. The van der Waals surface area contributed by atoms with E-state index in [1.54, 1.807) is 0 Å². The fourth-order valence-electron chi connectivity index (χ4n) is 1.16. The third-order valence-electron chi connectivity index (χ3n) is 1.63. The van der Waals surface area contributed by atoms with Crippen molar-refractivity contribution in [3.63, 3.8) is 0 Å². The molecule has 0 aliphatic rings. The summed E-state index contributed by atoms with van der Waals surface area (Å²) in [4.78, 5) is 0. The normalized spacial score (nSPS) is 13.2. The first-order chi connectivity index (χ1) is 4.36. The molecule has 0 unspecified atom stereocenters. The maximum absolute atomic E-state index is 8.88. The molecule has 10 heavy (non-hydrogen) atoms. The Balaban J connectivity index is 3.87. The molecule has 0 radical (unpaired) electrons. The van der Waals surface area contributed by atoms with Crippen molar-refractivity contribution in [3.8, 4) is 0 Å². The first kappa shape index (κ1) is 9.92. The van der Waals surface area contributed by atoms with Crippen LogP contribution in [-0.2, 0) is 0 Å². The standard InChI is InChI=1S/C8H18O2/c1-6(2)5-8(3,4)7(9)10/h6-7,9-10H,5H2,1-4H3. The maximum atomic E-state index is 8.88. The van der Waals surface area contributed by atoms with Crippen LogP contribution in [0.15, 0.2) is 0 Å². The van der Waals surface area contributed by atoms with Crippen LogP contribution in [0.4, 0.5) is 0 Å². The van der Waals surface area contributed by atoms with Crippen molar-refractivity contribution in [2.24, 2.45) is 11.3 Å². The molecule has 0 rings (SSSR count). The summed E-state index contributed by atoms with van der Waals surface area (Å²) in [6.07, 6.45) is -0.361. The Morgan fingerprint density at radius 1 is 1.20 bits per heavy atom. The van der Waals surface area contributed by atoms with E-state index in [2.05, 4.69) is 13.8 Å². The van der Waals surface area contributed by atoms with Crippen LogP contribution in [0.2, 0.25) is 0 Å². The first-order valence-corrected chi connectivity index (χ1v) is 3.72. The summed E-state index contributed by atoms with van der Waals surface area (Å²) >= 11 is 0. The van der Waals surface area contributed by atoms with Gasteiger partial charge in [-0.05, 0) is 12.3 Å². The van der Waals surface area contributed by atoms with Gasteiger partial charge in [0, 0.05) is 5.41 Å². The molecular weight excluding hydrogens is 128 g/mol. The van der Waals surface area contributed by atoms with Gasteiger partial charge in [-0.1, -0.05) is 27.7 Å². The quantitative estimate of drug-likeness (QED) is 0.590. The fourth-order valence-corrected chi connectivity index (χ4v) is 1.16. The molecule has 62 valence electrons. The molecule has 2 heteroatoms. The molecule has 0 aliphatic heterocycles. The first-order valence-electron chi connectivity index (χ1n) is 3.72. The van der Waals surface area contributed by atoms with Gasteiger partial charge in [0.15, 0.2) is 6.29 Å². The van der Waals surface area contributed by atoms with E-state index in [-0.39, 0.29) is 5.41 Å². The predicted molar refractivity (Wildman–Crippen MR) is 41.5 cm³/mol. The maximum Gasteiger partial charge on any atom is 0.156 e. The van der Waals surface area contributed by atoms with Crippen molar-refractivity contribution in [1.29, 1.82) is 0 Å². The van der Waals surface area contributed by atoms with Crippen LogP contribution in [0, 0.1) is 11.3 Å². The molecular formula is C8H18O2. The zero-order valence-electron chi connectivity index (χ0n) is 7.26. The second-order valence-corrected chi connectivity index (χ2v) is 3.96. The summed E-state index contributed by atoms with van der Waals surface area (Å²) < 4.78 is 0. The smallest absolute Gasteiger partial charge is 0.156 e. The average Bonchev–Trinajstić information content (AvgIpc) is 1.60. The van der Waals surface area contributed by atoms with E-state index in [1.165, 1.54) is 0 Å². The van der Waals surface area contributed by atoms with Gasteiger partial charge >= 0.3 is 0 Å². The van der Waals surface area contributed by atoms with E-state index in [0.717, 1.165) is 6.42 Å². The molecule has 0 saturated carbocycles. The third-order valence-corrected chi connectivity index (χ3v) is 1.63. The lowest BCUT2D eigenvalue weighted by Gasteiger charge is -2.28. The van der Waals surface area contributed by atoms with Crippen LogP contribution in [0.5, 0.6) is 0 Å². The van der Waals surface area contributed by atoms with Gasteiger partial charge in [-0.25, -0.2) is 0 Å². The van der Waals surface area contributed by atoms with Crippen molar-refractivity contribution in [2.75, 3.05) is 0 Å². The molecule has 0 amide bonds. The molecule has 0 aromatic rings. The second-order valence-electron chi connectivity index (χ2n) is 3.96. The zero-order chi connectivity index (χ0) is 8.36. The zero-order valence-corrected chi connectivity index (χ0v) is 7.26. The van der Waals surface area contributed by atoms with E-state index in [0.29, 0.717) is 5.92 Å². The Labute approximate surface area is 62.9 Å². The monoisotopic (exact) mass is 146 g/mol. The summed E-state index contributed by atoms with van der Waals surface area (Å²) in [5, 5.41) is 17.8. The largest absolute Gasteiger partial charge is 0.368 e. The minimum absolute atomic E-state index is 0.367. The second kappa shape index (κ2) is 3.35. The fraction of sp³-hybridized carbons (Fsp3) is 1.00. The van der Waals surface area contributed by atoms with E-state index in [9.17, 15) is 0 Å². The van der Waals surface area contributed by atoms with Crippen molar-refractivity contribution in [1.82, 2.24) is 0 Å². The minimum Gasteiger partial charge on any atom is -0.368 e. The highest BCUT2D eigenvalue weighted by Crippen LogP contribution is 2.27. The van der Waals surface area contributed by atoms with E-state index >= 15 is 0 Å². The molecule has 2 nitrogen and oxygen atoms in total. The lowest BCUT2D eigenvalue weighted by atomic mass is 9.83. The highest BCUT2D eigenvalue weighted by molar-refractivity contribution is 4.71. The van der Waals surface area contributed by atoms with Gasteiger partial charge in [0.25, 0.3) is 0 Å². The Morgan fingerprint density at radius 2 is 1.60 bits per heavy atom. The van der Waals surface area contributed by atoms with Crippen LogP contribution in [0.25, 0.3) is 0 Å². The van der Waals surface area contributed by atoms with Crippen LogP contribution in [0.1, 0.15) is 34.1 Å². The van der Waals surface area contributed by atoms with Gasteiger partial charge in [0.2, 0.25) is 0 Å². The summed E-state index contributed by atoms with van der Waals surface area (Å²) in [5.41, 5.74) is -0.367. The van der Waals surface area contributed by atoms with E-state index in [1.807, 2.05) is 13.8 Å². The SMILES string of the molecule is CC(C)CC(C)(C)C(O)O. The van der Waals surface area contributed by atoms with Crippen LogP contribution in [-0.4, -0.2) is 16.5 Å². The lowest BCUT2D eigenvalue weighted by Crippen LogP contribution is -2.30. The van der Waals surface area contributed by atoms with Crippen molar-refractivity contribution in [3.05, 3.63) is 0 Å². The van der Waals surface area contributed by atoms with Crippen LogP contribution in [0.3, 0.4) is 0 Å². The van der Waals surface area contributed by atoms with Gasteiger partial charge in [-0.2, -0.15) is 0 Å². The van der Waals surface area contributed by atoms with Gasteiger partial charge in [-0.3, -0.25) is 0 Å².